The van der Waals surface area contributed by atoms with Gasteiger partial charge >= 0.3 is 0 Å². The van der Waals surface area contributed by atoms with Gasteiger partial charge in [0.05, 0.1) is 18.7 Å². The number of thiocarbonyl (C=S) groups is 1. The number of aromatic nitrogens is 2. The molecule has 33 heavy (non-hydrogen) atoms. The fourth-order valence-corrected chi connectivity index (χ4v) is 4.16. The van der Waals surface area contributed by atoms with Crippen molar-refractivity contribution in [3.8, 4) is 17.1 Å². The van der Waals surface area contributed by atoms with Crippen LogP contribution in [0.4, 0.5) is 4.39 Å². The third-order valence-electron chi connectivity index (χ3n) is 5.51. The lowest BCUT2D eigenvalue weighted by molar-refractivity contribution is 0.188. The molecule has 9 heteroatoms. The standard InChI is InChI=1S/C24H25FN4O3S/c1-15-20(23-27-22(28-32-23)17-6-4-7-18(25)14-17)21(16-8-10-19(31-3)11-9-16)26-24(33)29(15)12-5-13-30-2/h4,6-11,14,21H,5,12-13H2,1-3H3,(H,26,33). The third-order valence-corrected chi connectivity index (χ3v) is 5.85. The Morgan fingerprint density at radius 2 is 1.97 bits per heavy atom. The number of rotatable bonds is 8. The maximum atomic E-state index is 13.7. The van der Waals surface area contributed by atoms with Crippen LogP contribution in [0.3, 0.4) is 0 Å². The second kappa shape index (κ2) is 10.1. The highest BCUT2D eigenvalue weighted by Crippen LogP contribution is 2.38. The number of nitrogens with zero attached hydrogens (tertiary/aromatic N) is 3. The smallest absolute Gasteiger partial charge is 0.258 e. The maximum absolute atomic E-state index is 13.7. The summed E-state index contributed by atoms with van der Waals surface area (Å²) >= 11 is 5.69. The highest BCUT2D eigenvalue weighted by atomic mass is 32.1. The van der Waals surface area contributed by atoms with Crippen LogP contribution in [-0.2, 0) is 4.74 Å². The number of nitrogens with one attached hydrogen (secondary N) is 1. The van der Waals surface area contributed by atoms with Gasteiger partial charge in [0, 0.05) is 31.5 Å². The lowest BCUT2D eigenvalue weighted by Crippen LogP contribution is -2.46. The van der Waals surface area contributed by atoms with E-state index in [2.05, 4.69) is 15.5 Å². The quantitative estimate of drug-likeness (QED) is 0.380. The zero-order chi connectivity index (χ0) is 23.4. The van der Waals surface area contributed by atoms with Crippen molar-refractivity contribution in [1.29, 1.82) is 0 Å². The summed E-state index contributed by atoms with van der Waals surface area (Å²) in [6.07, 6.45) is 0.800. The summed E-state index contributed by atoms with van der Waals surface area (Å²) < 4.78 is 29.9. The second-order valence-corrected chi connectivity index (χ2v) is 7.97. The Balaban J connectivity index is 1.76. The molecular formula is C24H25FN4O3S. The Bertz CT molecular complexity index is 1160. The number of benzene rings is 2. The fourth-order valence-electron chi connectivity index (χ4n) is 3.82. The number of methoxy groups -OCH3 is 2. The van der Waals surface area contributed by atoms with Crippen LogP contribution in [0.5, 0.6) is 5.75 Å². The van der Waals surface area contributed by atoms with Crippen molar-refractivity contribution < 1.29 is 18.4 Å². The minimum atomic E-state index is -0.362. The van der Waals surface area contributed by atoms with Crippen LogP contribution in [0, 0.1) is 5.82 Å². The summed E-state index contributed by atoms with van der Waals surface area (Å²) in [4.78, 5) is 6.61. The molecule has 7 nitrogen and oxygen atoms in total. The van der Waals surface area contributed by atoms with Gasteiger partial charge in [0.2, 0.25) is 5.82 Å². The largest absolute Gasteiger partial charge is 0.497 e. The lowest BCUT2D eigenvalue weighted by atomic mass is 9.94. The molecule has 1 atom stereocenters. The third kappa shape index (κ3) is 4.89. The molecule has 1 unspecified atom stereocenters. The van der Waals surface area contributed by atoms with Gasteiger partial charge in [-0.25, -0.2) is 4.39 Å². The first-order valence-electron chi connectivity index (χ1n) is 10.5. The summed E-state index contributed by atoms with van der Waals surface area (Å²) in [6.45, 7) is 3.28. The van der Waals surface area contributed by atoms with Crippen LogP contribution in [-0.4, -0.2) is 47.5 Å². The molecule has 2 aromatic carbocycles. The Kier molecular flexibility index (Phi) is 7.00. The Labute approximate surface area is 197 Å². The maximum Gasteiger partial charge on any atom is 0.258 e. The molecule has 3 aromatic rings. The van der Waals surface area contributed by atoms with Crippen LogP contribution in [0.2, 0.25) is 0 Å². The van der Waals surface area contributed by atoms with Crippen LogP contribution in [0.15, 0.2) is 58.8 Å². The van der Waals surface area contributed by atoms with Crippen molar-refractivity contribution in [3.63, 3.8) is 0 Å². The van der Waals surface area contributed by atoms with E-state index in [1.165, 1.54) is 12.1 Å². The molecule has 0 saturated carbocycles. The van der Waals surface area contributed by atoms with E-state index in [1.807, 2.05) is 36.1 Å². The van der Waals surface area contributed by atoms with Crippen molar-refractivity contribution in [1.82, 2.24) is 20.4 Å². The number of ether oxygens (including phenoxy) is 2. The summed E-state index contributed by atoms with van der Waals surface area (Å²) in [6, 6.07) is 13.5. The highest BCUT2D eigenvalue weighted by molar-refractivity contribution is 7.80. The molecule has 1 N–H and O–H groups in total. The molecule has 0 fully saturated rings. The molecular weight excluding hydrogens is 443 g/mol. The van der Waals surface area contributed by atoms with Gasteiger partial charge in [-0.2, -0.15) is 4.98 Å². The van der Waals surface area contributed by atoms with Crippen molar-refractivity contribution in [2.75, 3.05) is 27.4 Å². The summed E-state index contributed by atoms with van der Waals surface area (Å²) in [5.74, 6) is 1.06. The van der Waals surface area contributed by atoms with E-state index < -0.39 is 0 Å². The Morgan fingerprint density at radius 1 is 1.18 bits per heavy atom. The molecule has 0 radical (unpaired) electrons. The number of allylic oxidation sites excluding steroid dienone is 1. The highest BCUT2D eigenvalue weighted by Gasteiger charge is 2.34. The first kappa shape index (κ1) is 22.9. The second-order valence-electron chi connectivity index (χ2n) is 7.59. The van der Waals surface area contributed by atoms with Crippen molar-refractivity contribution in [3.05, 3.63) is 71.5 Å². The van der Waals surface area contributed by atoms with E-state index in [-0.39, 0.29) is 11.9 Å². The van der Waals surface area contributed by atoms with Gasteiger partial charge in [-0.15, -0.1) is 0 Å². The van der Waals surface area contributed by atoms with Gasteiger partial charge in [-0.05, 0) is 55.4 Å². The van der Waals surface area contributed by atoms with Gasteiger partial charge in [0.25, 0.3) is 5.89 Å². The predicted molar refractivity (Wildman–Crippen MR) is 127 cm³/mol. The summed E-state index contributed by atoms with van der Waals surface area (Å²) in [7, 11) is 3.30. The van der Waals surface area contributed by atoms with E-state index in [9.17, 15) is 4.39 Å². The first-order valence-corrected chi connectivity index (χ1v) is 10.9. The Hall–Kier alpha value is -3.30. The minimum Gasteiger partial charge on any atom is -0.497 e. The van der Waals surface area contributed by atoms with Gasteiger partial charge in [0.15, 0.2) is 5.11 Å². The molecule has 172 valence electrons. The first-order chi connectivity index (χ1) is 16.0. The van der Waals surface area contributed by atoms with Crippen molar-refractivity contribution in [2.24, 2.45) is 0 Å². The molecule has 1 aliphatic rings. The minimum absolute atomic E-state index is 0.303. The zero-order valence-corrected chi connectivity index (χ0v) is 19.5. The van der Waals surface area contributed by atoms with Crippen LogP contribution in [0.1, 0.15) is 30.8 Å². The monoisotopic (exact) mass is 468 g/mol. The van der Waals surface area contributed by atoms with E-state index >= 15 is 0 Å². The van der Waals surface area contributed by atoms with E-state index in [0.717, 1.165) is 29.0 Å². The van der Waals surface area contributed by atoms with Crippen molar-refractivity contribution in [2.45, 2.75) is 19.4 Å². The zero-order valence-electron chi connectivity index (χ0n) is 18.7. The number of hydrogen-bond donors (Lipinski definition) is 1. The normalized spacial score (nSPS) is 16.2. The van der Waals surface area contributed by atoms with E-state index in [0.29, 0.717) is 35.5 Å². The molecule has 2 heterocycles. The average molecular weight is 469 g/mol. The molecule has 0 bridgehead atoms. The van der Waals surface area contributed by atoms with Gasteiger partial charge < -0.3 is 24.2 Å². The summed E-state index contributed by atoms with van der Waals surface area (Å²) in [5, 5.41) is 8.13. The molecule has 1 aliphatic heterocycles. The SMILES string of the molecule is COCCCN1C(=S)NC(c2ccc(OC)cc2)C(c2nc(-c3cccc(F)c3)no2)=C1C. The van der Waals surface area contributed by atoms with Crippen LogP contribution in [0.25, 0.3) is 17.0 Å². The Morgan fingerprint density at radius 3 is 2.67 bits per heavy atom. The molecule has 4 rings (SSSR count). The molecule has 0 spiro atoms. The number of halogens is 1. The van der Waals surface area contributed by atoms with E-state index in [4.69, 9.17) is 26.2 Å². The molecule has 0 aliphatic carbocycles. The fraction of sp³-hybridized carbons (Fsp3) is 0.292. The summed E-state index contributed by atoms with van der Waals surface area (Å²) in [5.41, 5.74) is 3.22. The van der Waals surface area contributed by atoms with E-state index in [1.54, 1.807) is 26.4 Å². The van der Waals surface area contributed by atoms with Gasteiger partial charge in [-0.1, -0.05) is 29.4 Å². The predicted octanol–water partition coefficient (Wildman–Crippen LogP) is 4.58. The van der Waals surface area contributed by atoms with Gasteiger partial charge in [0.1, 0.15) is 11.6 Å². The molecule has 0 saturated heterocycles. The average Bonchev–Trinajstić information content (AvgIpc) is 3.31. The molecule has 0 amide bonds. The topological polar surface area (TPSA) is 72.7 Å². The van der Waals surface area contributed by atoms with Crippen molar-refractivity contribution >= 4 is 22.9 Å². The lowest BCUT2D eigenvalue weighted by Gasteiger charge is -2.37. The van der Waals surface area contributed by atoms with Crippen LogP contribution < -0.4 is 10.1 Å². The van der Waals surface area contributed by atoms with Gasteiger partial charge in [-0.3, -0.25) is 0 Å². The number of hydrogen-bond acceptors (Lipinski definition) is 6. The molecule has 1 aromatic heterocycles. The van der Waals surface area contributed by atoms with Crippen LogP contribution >= 0.6 is 12.2 Å².